The minimum atomic E-state index is -4.60. The summed E-state index contributed by atoms with van der Waals surface area (Å²) in [6.45, 7) is 0. The summed E-state index contributed by atoms with van der Waals surface area (Å²) in [6, 6.07) is 9.05. The highest BCUT2D eigenvalue weighted by Gasteiger charge is 2.32. The van der Waals surface area contributed by atoms with Crippen LogP contribution in [0.25, 0.3) is 0 Å². The predicted octanol–water partition coefficient (Wildman–Crippen LogP) is 7.71. The van der Waals surface area contributed by atoms with E-state index in [1.54, 1.807) is 69.4 Å². The Morgan fingerprint density at radius 1 is 0.784 bits per heavy atom. The molecule has 0 atom stereocenters. The van der Waals surface area contributed by atoms with E-state index in [4.69, 9.17) is 8.92 Å². The van der Waals surface area contributed by atoms with Gasteiger partial charge in [-0.15, -0.1) is 0 Å². The van der Waals surface area contributed by atoms with E-state index in [0.29, 0.717) is 14.7 Å². The molecule has 0 aliphatic heterocycles. The van der Waals surface area contributed by atoms with Gasteiger partial charge in [0, 0.05) is 29.7 Å². The molecule has 0 heterocycles. The summed E-state index contributed by atoms with van der Waals surface area (Å²) in [5, 5.41) is 0. The Kier molecular flexibility index (Phi) is 11.2. The fourth-order valence-electron chi connectivity index (χ4n) is 2.89. The number of carbonyl (C=O) groups excluding carboxylic acids is 1. The SMILES string of the molecule is O=C(Cc1c(Br)c(Br)c(Br)c(Br)c1S(=O)(=O)Oc1cc(I)c(S(=O)(=O)O)c(I)c1)Oc1ccc(I)cc1. The topological polar surface area (TPSA) is 124 Å². The summed E-state index contributed by atoms with van der Waals surface area (Å²) in [7, 11) is -9.14. The van der Waals surface area contributed by atoms with Gasteiger partial charge in [0.15, 0.2) is 0 Å². The second-order valence-electron chi connectivity index (χ2n) is 6.90. The van der Waals surface area contributed by atoms with Gasteiger partial charge in [0.1, 0.15) is 21.3 Å². The summed E-state index contributed by atoms with van der Waals surface area (Å²) < 4.78 is 72.7. The van der Waals surface area contributed by atoms with Crippen LogP contribution in [0.4, 0.5) is 0 Å². The van der Waals surface area contributed by atoms with Crippen LogP contribution in [0.5, 0.6) is 11.5 Å². The monoisotopic (exact) mass is 1140 g/mol. The zero-order chi connectivity index (χ0) is 27.9. The lowest BCUT2D eigenvalue weighted by molar-refractivity contribution is -0.133. The molecule has 0 aliphatic carbocycles. The molecule has 0 fully saturated rings. The molecule has 37 heavy (non-hydrogen) atoms. The molecule has 0 aromatic heterocycles. The lowest BCUT2D eigenvalue weighted by Crippen LogP contribution is -2.19. The molecule has 0 saturated heterocycles. The van der Waals surface area contributed by atoms with E-state index in [1.807, 2.05) is 0 Å². The van der Waals surface area contributed by atoms with Crippen LogP contribution in [0.2, 0.25) is 0 Å². The van der Waals surface area contributed by atoms with E-state index in [9.17, 15) is 26.2 Å². The standard InChI is InChI=1S/C20H9Br4I3O8S2/c21-15-11(7-14(28)34-9-3-1-8(25)2-4-9)19(18(24)17(23)16(15)22)37(32,33)35-10-5-12(26)20(13(27)6-10)36(29,30)31/h1-6H,7H2,(H,29,30,31). The number of benzene rings is 3. The Morgan fingerprint density at radius 3 is 1.81 bits per heavy atom. The van der Waals surface area contributed by atoms with Crippen molar-refractivity contribution in [3.63, 3.8) is 0 Å². The highest BCUT2D eigenvalue weighted by molar-refractivity contribution is 14.1. The van der Waals surface area contributed by atoms with Crippen LogP contribution in [0.1, 0.15) is 5.56 Å². The largest absolute Gasteiger partial charge is 0.426 e. The highest BCUT2D eigenvalue weighted by atomic mass is 127. The van der Waals surface area contributed by atoms with Gasteiger partial charge in [0.25, 0.3) is 10.1 Å². The summed E-state index contributed by atoms with van der Waals surface area (Å²) >= 11 is 18.7. The molecule has 0 saturated carbocycles. The Balaban J connectivity index is 2.07. The van der Waals surface area contributed by atoms with Crippen LogP contribution in [-0.4, -0.2) is 27.4 Å². The molecule has 0 bridgehead atoms. The average molecular weight is 1140 g/mol. The number of carbonyl (C=O) groups is 1. The zero-order valence-corrected chi connectivity index (χ0v) is 31.9. The molecule has 1 N–H and O–H groups in total. The summed E-state index contributed by atoms with van der Waals surface area (Å²) in [6.07, 6.45) is -0.439. The zero-order valence-electron chi connectivity index (χ0n) is 17.4. The fourth-order valence-corrected chi connectivity index (χ4v) is 11.7. The van der Waals surface area contributed by atoms with Crippen LogP contribution >= 0.6 is 131 Å². The molecule has 8 nitrogen and oxygen atoms in total. The van der Waals surface area contributed by atoms with Gasteiger partial charge < -0.3 is 8.92 Å². The van der Waals surface area contributed by atoms with E-state index in [1.165, 1.54) is 0 Å². The van der Waals surface area contributed by atoms with Crippen molar-refractivity contribution in [1.29, 1.82) is 0 Å². The van der Waals surface area contributed by atoms with Crippen molar-refractivity contribution in [2.45, 2.75) is 16.2 Å². The van der Waals surface area contributed by atoms with Gasteiger partial charge in [-0.1, -0.05) is 0 Å². The molecule has 0 unspecified atom stereocenters. The Hall–Kier alpha value is 0.900. The van der Waals surface area contributed by atoms with Gasteiger partial charge in [0.05, 0.1) is 10.9 Å². The minimum absolute atomic E-state index is 0.0516. The molecule has 0 radical (unpaired) electrons. The second kappa shape index (κ2) is 12.8. The molecular formula is C20H9Br4I3O8S2. The number of hydrogen-bond donors (Lipinski definition) is 1. The minimum Gasteiger partial charge on any atom is -0.426 e. The molecule has 17 heteroatoms. The quantitative estimate of drug-likeness (QED) is 0.0486. The predicted molar refractivity (Wildman–Crippen MR) is 175 cm³/mol. The van der Waals surface area contributed by atoms with Crippen LogP contribution in [0.15, 0.2) is 64.1 Å². The first-order valence-electron chi connectivity index (χ1n) is 9.25. The van der Waals surface area contributed by atoms with Gasteiger partial charge >= 0.3 is 16.1 Å². The van der Waals surface area contributed by atoms with Gasteiger partial charge in [-0.3, -0.25) is 9.35 Å². The maximum atomic E-state index is 13.5. The second-order valence-corrected chi connectivity index (χ2v) is 16.5. The van der Waals surface area contributed by atoms with Gasteiger partial charge in [0.2, 0.25) is 0 Å². The van der Waals surface area contributed by atoms with E-state index < -0.39 is 32.6 Å². The Bertz CT molecular complexity index is 1610. The normalized spacial score (nSPS) is 11.9. The third-order valence-electron chi connectivity index (χ3n) is 4.37. The van der Waals surface area contributed by atoms with Gasteiger partial charge in [-0.05, 0) is 168 Å². The summed E-state index contributed by atoms with van der Waals surface area (Å²) in [4.78, 5) is 12.1. The number of ether oxygens (including phenoxy) is 1. The van der Waals surface area contributed by atoms with Gasteiger partial charge in [-0.25, -0.2) is 0 Å². The van der Waals surface area contributed by atoms with Crippen LogP contribution in [0.3, 0.4) is 0 Å². The number of hydrogen-bond acceptors (Lipinski definition) is 7. The molecular weight excluding hydrogens is 1130 g/mol. The lowest BCUT2D eigenvalue weighted by Gasteiger charge is -2.18. The first-order valence-corrected chi connectivity index (χ1v) is 18.5. The van der Waals surface area contributed by atoms with E-state index in [2.05, 4.69) is 86.3 Å². The molecule has 3 rings (SSSR count). The third-order valence-corrected chi connectivity index (χ3v) is 15.0. The first kappa shape index (κ1) is 32.4. The molecule has 0 spiro atoms. The van der Waals surface area contributed by atoms with Crippen molar-refractivity contribution in [3.05, 3.63) is 70.6 Å². The van der Waals surface area contributed by atoms with Crippen molar-refractivity contribution in [1.82, 2.24) is 0 Å². The van der Waals surface area contributed by atoms with Crippen molar-refractivity contribution in [2.75, 3.05) is 0 Å². The summed E-state index contributed by atoms with van der Waals surface area (Å²) in [5.74, 6) is -0.628. The first-order chi connectivity index (χ1) is 17.0. The molecule has 0 amide bonds. The number of esters is 1. The Labute approximate surface area is 286 Å². The van der Waals surface area contributed by atoms with Gasteiger partial charge in [-0.2, -0.15) is 16.8 Å². The number of rotatable bonds is 7. The van der Waals surface area contributed by atoms with Crippen molar-refractivity contribution in [3.8, 4) is 11.5 Å². The maximum Gasteiger partial charge on any atom is 0.340 e. The van der Waals surface area contributed by atoms with Crippen LogP contribution in [-0.2, 0) is 31.5 Å². The smallest absolute Gasteiger partial charge is 0.340 e. The number of halogens is 7. The third kappa shape index (κ3) is 7.80. The van der Waals surface area contributed by atoms with Crippen molar-refractivity contribution >= 4 is 158 Å². The van der Waals surface area contributed by atoms with Crippen LogP contribution < -0.4 is 8.92 Å². The Morgan fingerprint density at radius 2 is 1.30 bits per heavy atom. The highest BCUT2D eigenvalue weighted by Crippen LogP contribution is 2.45. The summed E-state index contributed by atoms with van der Waals surface area (Å²) in [5.41, 5.74) is 0.0522. The molecule has 3 aromatic carbocycles. The fraction of sp³-hybridized carbons (Fsp3) is 0.0500. The van der Waals surface area contributed by atoms with E-state index in [-0.39, 0.29) is 37.2 Å². The molecule has 3 aromatic rings. The van der Waals surface area contributed by atoms with Crippen LogP contribution in [0, 0.1) is 10.7 Å². The molecule has 198 valence electrons. The van der Waals surface area contributed by atoms with E-state index in [0.717, 1.165) is 15.7 Å². The lowest BCUT2D eigenvalue weighted by atomic mass is 10.1. The molecule has 0 aliphatic rings. The van der Waals surface area contributed by atoms with Crippen molar-refractivity contribution < 1.29 is 35.1 Å². The average Bonchev–Trinajstić information content (AvgIpc) is 2.75. The van der Waals surface area contributed by atoms with Crippen molar-refractivity contribution in [2.24, 2.45) is 0 Å². The maximum absolute atomic E-state index is 13.5. The van der Waals surface area contributed by atoms with E-state index >= 15 is 0 Å².